The summed E-state index contributed by atoms with van der Waals surface area (Å²) in [6.07, 6.45) is 1.58. The number of hydrogen-bond acceptors (Lipinski definition) is 4. The summed E-state index contributed by atoms with van der Waals surface area (Å²) >= 11 is 0. The molecule has 0 saturated carbocycles. The topological polar surface area (TPSA) is 101 Å². The van der Waals surface area contributed by atoms with E-state index in [9.17, 15) is 14.4 Å². The molecule has 0 fully saturated rings. The standard InChI is InChI=1S/C16H19N3O4/c1-11(8-15(21)22)9-17-14(20)6-7-19-10-18-13-5-3-2-4-12(13)16(19)23/h2-5,10-11H,6-9H2,1H3,(H,17,20)(H,21,22). The minimum Gasteiger partial charge on any atom is -0.481 e. The number of carbonyl (C=O) groups excluding carboxylic acids is 1. The molecule has 1 amide bonds. The number of benzene rings is 1. The van der Waals surface area contributed by atoms with Crippen LogP contribution in [0.1, 0.15) is 19.8 Å². The lowest BCUT2D eigenvalue weighted by Gasteiger charge is -2.11. The van der Waals surface area contributed by atoms with Crippen LogP contribution in [0.15, 0.2) is 35.4 Å². The van der Waals surface area contributed by atoms with Crippen LogP contribution in [0.3, 0.4) is 0 Å². The number of nitrogens with one attached hydrogen (secondary N) is 1. The largest absolute Gasteiger partial charge is 0.481 e. The number of aliphatic carboxylic acids is 1. The Bertz CT molecular complexity index is 769. The van der Waals surface area contributed by atoms with Crippen molar-refractivity contribution in [3.05, 3.63) is 40.9 Å². The van der Waals surface area contributed by atoms with E-state index in [2.05, 4.69) is 10.3 Å². The van der Waals surface area contributed by atoms with Gasteiger partial charge < -0.3 is 10.4 Å². The third kappa shape index (κ3) is 4.64. The quantitative estimate of drug-likeness (QED) is 0.794. The average Bonchev–Trinajstić information content (AvgIpc) is 2.52. The number of aromatic nitrogens is 2. The van der Waals surface area contributed by atoms with Crippen LogP contribution in [-0.2, 0) is 16.1 Å². The highest BCUT2D eigenvalue weighted by atomic mass is 16.4. The molecule has 0 aliphatic carbocycles. The summed E-state index contributed by atoms with van der Waals surface area (Å²) < 4.78 is 1.41. The Morgan fingerprint density at radius 3 is 2.83 bits per heavy atom. The first-order valence-electron chi connectivity index (χ1n) is 7.40. The van der Waals surface area contributed by atoms with Gasteiger partial charge in [0.25, 0.3) is 5.56 Å². The summed E-state index contributed by atoms with van der Waals surface area (Å²) in [5.41, 5.74) is 0.448. The number of aryl methyl sites for hydroxylation is 1. The van der Waals surface area contributed by atoms with Crippen LogP contribution in [0.4, 0.5) is 0 Å². The van der Waals surface area contributed by atoms with E-state index in [1.807, 2.05) is 6.07 Å². The summed E-state index contributed by atoms with van der Waals surface area (Å²) in [6, 6.07) is 7.05. The molecule has 0 aliphatic rings. The molecule has 122 valence electrons. The predicted octanol–water partition coefficient (Wildman–Crippen LogP) is 1.01. The van der Waals surface area contributed by atoms with Crippen molar-refractivity contribution in [3.8, 4) is 0 Å². The smallest absolute Gasteiger partial charge is 0.303 e. The van der Waals surface area contributed by atoms with Crippen LogP contribution in [0.25, 0.3) is 10.9 Å². The zero-order chi connectivity index (χ0) is 16.8. The predicted molar refractivity (Wildman–Crippen MR) is 85.0 cm³/mol. The molecule has 0 bridgehead atoms. The van der Waals surface area contributed by atoms with Crippen molar-refractivity contribution >= 4 is 22.8 Å². The molecule has 1 aromatic carbocycles. The van der Waals surface area contributed by atoms with Gasteiger partial charge >= 0.3 is 5.97 Å². The van der Waals surface area contributed by atoms with Gasteiger partial charge in [0.15, 0.2) is 0 Å². The molecular formula is C16H19N3O4. The van der Waals surface area contributed by atoms with E-state index in [-0.39, 0.29) is 36.8 Å². The fraction of sp³-hybridized carbons (Fsp3) is 0.375. The maximum atomic E-state index is 12.3. The number of para-hydroxylation sites is 1. The second-order valence-corrected chi connectivity index (χ2v) is 5.52. The lowest BCUT2D eigenvalue weighted by Crippen LogP contribution is -2.31. The number of rotatable bonds is 7. The van der Waals surface area contributed by atoms with Gasteiger partial charge in [-0.15, -0.1) is 0 Å². The second-order valence-electron chi connectivity index (χ2n) is 5.52. The summed E-state index contributed by atoms with van der Waals surface area (Å²) in [7, 11) is 0. The van der Waals surface area contributed by atoms with Crippen LogP contribution in [0.5, 0.6) is 0 Å². The van der Waals surface area contributed by atoms with Crippen molar-refractivity contribution in [2.45, 2.75) is 26.3 Å². The van der Waals surface area contributed by atoms with Crippen molar-refractivity contribution in [3.63, 3.8) is 0 Å². The molecule has 0 saturated heterocycles. The number of carbonyl (C=O) groups is 2. The van der Waals surface area contributed by atoms with Crippen molar-refractivity contribution in [1.82, 2.24) is 14.9 Å². The Morgan fingerprint density at radius 1 is 1.35 bits per heavy atom. The Labute approximate surface area is 133 Å². The fourth-order valence-corrected chi connectivity index (χ4v) is 2.23. The number of carboxylic acid groups (broad SMARTS) is 1. The van der Waals surface area contributed by atoms with E-state index in [0.717, 1.165) is 0 Å². The van der Waals surface area contributed by atoms with E-state index < -0.39 is 5.97 Å². The molecule has 2 N–H and O–H groups in total. The van der Waals surface area contributed by atoms with E-state index in [4.69, 9.17) is 5.11 Å². The third-order valence-corrected chi connectivity index (χ3v) is 3.48. The lowest BCUT2D eigenvalue weighted by molar-refractivity contribution is -0.138. The lowest BCUT2D eigenvalue weighted by atomic mass is 10.1. The molecule has 0 radical (unpaired) electrons. The maximum absolute atomic E-state index is 12.3. The number of hydrogen-bond donors (Lipinski definition) is 2. The normalized spacial score (nSPS) is 12.0. The van der Waals surface area contributed by atoms with E-state index in [1.54, 1.807) is 25.1 Å². The number of fused-ring (bicyclic) bond motifs is 1. The minimum atomic E-state index is -0.888. The first-order valence-corrected chi connectivity index (χ1v) is 7.40. The Morgan fingerprint density at radius 2 is 2.09 bits per heavy atom. The van der Waals surface area contributed by atoms with Gasteiger partial charge in [0.05, 0.1) is 17.2 Å². The van der Waals surface area contributed by atoms with E-state index >= 15 is 0 Å². The Balaban J connectivity index is 1.91. The summed E-state index contributed by atoms with van der Waals surface area (Å²) in [5.74, 6) is -1.25. The molecule has 0 spiro atoms. The van der Waals surface area contributed by atoms with Gasteiger partial charge in [-0.05, 0) is 18.1 Å². The first-order chi connectivity index (χ1) is 11.0. The molecule has 1 atom stereocenters. The van der Waals surface area contributed by atoms with Crippen molar-refractivity contribution < 1.29 is 14.7 Å². The van der Waals surface area contributed by atoms with Gasteiger partial charge in [-0.3, -0.25) is 19.0 Å². The summed E-state index contributed by atoms with van der Waals surface area (Å²) in [6.45, 7) is 2.29. The Hall–Kier alpha value is -2.70. The van der Waals surface area contributed by atoms with Crippen molar-refractivity contribution in [2.24, 2.45) is 5.92 Å². The monoisotopic (exact) mass is 317 g/mol. The van der Waals surface area contributed by atoms with Crippen LogP contribution in [0.2, 0.25) is 0 Å². The van der Waals surface area contributed by atoms with Gasteiger partial charge in [0, 0.05) is 25.9 Å². The highest BCUT2D eigenvalue weighted by Crippen LogP contribution is 2.05. The Kier molecular flexibility index (Phi) is 5.46. The van der Waals surface area contributed by atoms with Gasteiger partial charge in [-0.1, -0.05) is 19.1 Å². The summed E-state index contributed by atoms with van der Waals surface area (Å²) in [5, 5.41) is 11.9. The van der Waals surface area contributed by atoms with Crippen molar-refractivity contribution in [1.29, 1.82) is 0 Å². The summed E-state index contributed by atoms with van der Waals surface area (Å²) in [4.78, 5) is 38.8. The third-order valence-electron chi connectivity index (χ3n) is 3.48. The molecule has 7 heteroatoms. The fourth-order valence-electron chi connectivity index (χ4n) is 2.23. The number of nitrogens with zero attached hydrogens (tertiary/aromatic N) is 2. The molecule has 23 heavy (non-hydrogen) atoms. The number of amides is 1. The molecule has 2 rings (SSSR count). The minimum absolute atomic E-state index is 0.00827. The maximum Gasteiger partial charge on any atom is 0.303 e. The van der Waals surface area contributed by atoms with Crippen LogP contribution in [-0.4, -0.2) is 33.1 Å². The zero-order valence-electron chi connectivity index (χ0n) is 12.9. The molecule has 1 heterocycles. The van der Waals surface area contributed by atoms with Gasteiger partial charge in [0.1, 0.15) is 0 Å². The highest BCUT2D eigenvalue weighted by Gasteiger charge is 2.10. The second kappa shape index (κ2) is 7.53. The van der Waals surface area contributed by atoms with E-state index in [1.165, 1.54) is 10.9 Å². The number of carboxylic acids is 1. The molecule has 7 nitrogen and oxygen atoms in total. The van der Waals surface area contributed by atoms with Crippen LogP contribution >= 0.6 is 0 Å². The first kappa shape index (κ1) is 16.7. The average molecular weight is 317 g/mol. The van der Waals surface area contributed by atoms with Crippen molar-refractivity contribution in [2.75, 3.05) is 6.54 Å². The molecular weight excluding hydrogens is 298 g/mol. The van der Waals surface area contributed by atoms with E-state index in [0.29, 0.717) is 17.4 Å². The zero-order valence-corrected chi connectivity index (χ0v) is 12.9. The molecule has 1 aromatic heterocycles. The SMILES string of the molecule is CC(CNC(=O)CCn1cnc2ccccc2c1=O)CC(=O)O. The van der Waals surface area contributed by atoms with Gasteiger partial charge in [-0.25, -0.2) is 4.98 Å². The van der Waals surface area contributed by atoms with Gasteiger partial charge in [-0.2, -0.15) is 0 Å². The van der Waals surface area contributed by atoms with Crippen LogP contribution < -0.4 is 10.9 Å². The van der Waals surface area contributed by atoms with Gasteiger partial charge in [0.2, 0.25) is 5.91 Å². The highest BCUT2D eigenvalue weighted by molar-refractivity contribution is 5.77. The molecule has 2 aromatic rings. The molecule has 0 aliphatic heterocycles. The molecule has 1 unspecified atom stereocenters. The van der Waals surface area contributed by atoms with Crippen LogP contribution in [0, 0.1) is 5.92 Å².